The first kappa shape index (κ1) is 15.7. The average molecular weight is 334 g/mol. The van der Waals surface area contributed by atoms with E-state index in [9.17, 15) is 17.2 Å². The quantitative estimate of drug-likeness (QED) is 0.904. The van der Waals surface area contributed by atoms with Crippen molar-refractivity contribution in [1.29, 1.82) is 0 Å². The molecule has 0 saturated heterocycles. The zero-order valence-corrected chi connectivity index (χ0v) is 12.0. The second kappa shape index (κ2) is 5.97. The maximum Gasteiger partial charge on any atom is 0.264 e. The fraction of sp³-hybridized carbons (Fsp3) is 0.0769. The van der Waals surface area contributed by atoms with E-state index in [1.54, 1.807) is 6.07 Å². The van der Waals surface area contributed by atoms with Gasteiger partial charge >= 0.3 is 0 Å². The summed E-state index contributed by atoms with van der Waals surface area (Å²) >= 11 is 5.73. The van der Waals surface area contributed by atoms with Gasteiger partial charge in [0.1, 0.15) is 10.7 Å². The molecule has 0 saturated carbocycles. The lowest BCUT2D eigenvalue weighted by atomic mass is 10.2. The van der Waals surface area contributed by atoms with E-state index in [1.165, 1.54) is 18.2 Å². The van der Waals surface area contributed by atoms with Crippen LogP contribution in [-0.4, -0.2) is 13.5 Å². The highest BCUT2D eigenvalue weighted by atomic mass is 35.5. The smallest absolute Gasteiger partial charge is 0.264 e. The third-order valence-electron chi connectivity index (χ3n) is 2.68. The van der Waals surface area contributed by atoms with Crippen molar-refractivity contribution < 1.29 is 22.3 Å². The standard InChI is InChI=1S/C13H10ClF2NO3S/c14-8-2-1-3-9(6-8)17-21(19,20)12-5-4-11(15)10(7-18)13(12)16/h1-6,17-18H,7H2. The van der Waals surface area contributed by atoms with Crippen LogP contribution in [0.3, 0.4) is 0 Å². The first-order chi connectivity index (χ1) is 9.85. The van der Waals surface area contributed by atoms with Gasteiger partial charge in [-0.3, -0.25) is 4.72 Å². The van der Waals surface area contributed by atoms with Crippen molar-refractivity contribution in [3.8, 4) is 0 Å². The zero-order valence-electron chi connectivity index (χ0n) is 10.5. The minimum Gasteiger partial charge on any atom is -0.391 e. The van der Waals surface area contributed by atoms with Crippen LogP contribution in [0.4, 0.5) is 14.5 Å². The first-order valence-corrected chi connectivity index (χ1v) is 7.57. The molecule has 0 spiro atoms. The maximum absolute atomic E-state index is 14.0. The van der Waals surface area contributed by atoms with Gasteiger partial charge in [0.05, 0.1) is 17.9 Å². The molecule has 2 rings (SSSR count). The van der Waals surface area contributed by atoms with Crippen LogP contribution < -0.4 is 4.72 Å². The molecule has 0 heterocycles. The highest BCUT2D eigenvalue weighted by molar-refractivity contribution is 7.92. The lowest BCUT2D eigenvalue weighted by Gasteiger charge is -2.11. The number of hydrogen-bond acceptors (Lipinski definition) is 3. The second-order valence-corrected chi connectivity index (χ2v) is 6.20. The molecule has 0 aliphatic rings. The lowest BCUT2D eigenvalue weighted by Crippen LogP contribution is -2.16. The minimum atomic E-state index is -4.27. The lowest BCUT2D eigenvalue weighted by molar-refractivity contribution is 0.267. The van der Waals surface area contributed by atoms with E-state index in [0.29, 0.717) is 5.02 Å². The maximum atomic E-state index is 14.0. The molecule has 0 bridgehead atoms. The van der Waals surface area contributed by atoms with E-state index in [4.69, 9.17) is 16.7 Å². The molecule has 2 aromatic rings. The third-order valence-corrected chi connectivity index (χ3v) is 4.31. The summed E-state index contributed by atoms with van der Waals surface area (Å²) in [6.45, 7) is -0.946. The third kappa shape index (κ3) is 3.31. The molecule has 0 unspecified atom stereocenters. The Morgan fingerprint density at radius 2 is 1.90 bits per heavy atom. The van der Waals surface area contributed by atoms with Crippen molar-refractivity contribution in [2.24, 2.45) is 0 Å². The monoisotopic (exact) mass is 333 g/mol. The molecule has 0 aromatic heterocycles. The summed E-state index contributed by atoms with van der Waals surface area (Å²) in [5, 5.41) is 9.20. The average Bonchev–Trinajstić information content (AvgIpc) is 2.38. The SMILES string of the molecule is O=S(=O)(Nc1cccc(Cl)c1)c1ccc(F)c(CO)c1F. The van der Waals surface area contributed by atoms with Crippen molar-refractivity contribution in [2.75, 3.05) is 4.72 Å². The summed E-state index contributed by atoms with van der Waals surface area (Å²) in [6.07, 6.45) is 0. The highest BCUT2D eigenvalue weighted by Gasteiger charge is 2.23. The predicted molar refractivity (Wildman–Crippen MR) is 74.5 cm³/mol. The van der Waals surface area contributed by atoms with Crippen LogP contribution in [0.5, 0.6) is 0 Å². The fourth-order valence-electron chi connectivity index (χ4n) is 1.69. The van der Waals surface area contributed by atoms with Gasteiger partial charge in [-0.05, 0) is 30.3 Å². The van der Waals surface area contributed by atoms with Crippen molar-refractivity contribution in [3.63, 3.8) is 0 Å². The highest BCUT2D eigenvalue weighted by Crippen LogP contribution is 2.24. The Morgan fingerprint density at radius 3 is 2.52 bits per heavy atom. The van der Waals surface area contributed by atoms with Crippen molar-refractivity contribution >= 4 is 27.3 Å². The summed E-state index contributed by atoms with van der Waals surface area (Å²) < 4.78 is 53.6. The Kier molecular flexibility index (Phi) is 4.46. The van der Waals surface area contributed by atoms with E-state index in [1.807, 2.05) is 0 Å². The largest absolute Gasteiger partial charge is 0.391 e. The Hall–Kier alpha value is -1.70. The minimum absolute atomic E-state index is 0.136. The molecule has 8 heteroatoms. The first-order valence-electron chi connectivity index (χ1n) is 5.71. The van der Waals surface area contributed by atoms with Crippen LogP contribution in [0, 0.1) is 11.6 Å². The molecule has 0 fully saturated rings. The van der Waals surface area contributed by atoms with E-state index in [-0.39, 0.29) is 5.69 Å². The van der Waals surface area contributed by atoms with E-state index < -0.39 is 38.7 Å². The van der Waals surface area contributed by atoms with Gasteiger partial charge < -0.3 is 5.11 Å². The zero-order chi connectivity index (χ0) is 15.6. The number of aliphatic hydroxyl groups excluding tert-OH is 1. The van der Waals surface area contributed by atoms with Crippen LogP contribution in [0.1, 0.15) is 5.56 Å². The van der Waals surface area contributed by atoms with Gasteiger partial charge in [-0.2, -0.15) is 0 Å². The van der Waals surface area contributed by atoms with Crippen LogP contribution in [0.15, 0.2) is 41.3 Å². The molecule has 0 aliphatic heterocycles. The molecule has 0 aliphatic carbocycles. The van der Waals surface area contributed by atoms with Crippen LogP contribution in [0.25, 0.3) is 0 Å². The molecule has 2 aromatic carbocycles. The van der Waals surface area contributed by atoms with Crippen LogP contribution >= 0.6 is 11.6 Å². The number of nitrogens with one attached hydrogen (secondary N) is 1. The summed E-state index contributed by atoms with van der Waals surface area (Å²) in [6, 6.07) is 7.39. The Balaban J connectivity index is 2.45. The number of rotatable bonds is 4. The van der Waals surface area contributed by atoms with Gasteiger partial charge in [0.2, 0.25) is 0 Å². The normalized spacial score (nSPS) is 11.4. The van der Waals surface area contributed by atoms with Crippen LogP contribution in [0.2, 0.25) is 5.02 Å². The topological polar surface area (TPSA) is 66.4 Å². The van der Waals surface area contributed by atoms with Crippen molar-refractivity contribution in [3.05, 3.63) is 58.6 Å². The molecular weight excluding hydrogens is 324 g/mol. The van der Waals surface area contributed by atoms with E-state index in [0.717, 1.165) is 12.1 Å². The van der Waals surface area contributed by atoms with Gasteiger partial charge in [-0.25, -0.2) is 17.2 Å². The van der Waals surface area contributed by atoms with Gasteiger partial charge in [-0.1, -0.05) is 17.7 Å². The van der Waals surface area contributed by atoms with Gasteiger partial charge in [0, 0.05) is 5.02 Å². The molecular formula is C13H10ClF2NO3S. The van der Waals surface area contributed by atoms with Crippen molar-refractivity contribution in [2.45, 2.75) is 11.5 Å². The molecule has 112 valence electrons. The Labute approximate surface area is 125 Å². The summed E-state index contributed by atoms with van der Waals surface area (Å²) in [4.78, 5) is -0.757. The van der Waals surface area contributed by atoms with Gasteiger partial charge in [-0.15, -0.1) is 0 Å². The summed E-state index contributed by atoms with van der Waals surface area (Å²) in [7, 11) is -4.27. The Bertz CT molecular complexity index is 781. The molecule has 0 atom stereocenters. The molecule has 21 heavy (non-hydrogen) atoms. The van der Waals surface area contributed by atoms with Crippen LogP contribution in [-0.2, 0) is 16.6 Å². The van der Waals surface area contributed by atoms with E-state index in [2.05, 4.69) is 4.72 Å². The number of benzene rings is 2. The van der Waals surface area contributed by atoms with Crippen molar-refractivity contribution in [1.82, 2.24) is 0 Å². The summed E-state index contributed by atoms with van der Waals surface area (Å²) in [5.41, 5.74) is -0.569. The van der Waals surface area contributed by atoms with Gasteiger partial charge in [0.15, 0.2) is 5.82 Å². The molecule has 0 radical (unpaired) electrons. The Morgan fingerprint density at radius 1 is 1.19 bits per heavy atom. The second-order valence-electron chi connectivity index (χ2n) is 4.11. The molecule has 4 nitrogen and oxygen atoms in total. The fourth-order valence-corrected chi connectivity index (χ4v) is 3.03. The number of anilines is 1. The number of aliphatic hydroxyl groups is 1. The van der Waals surface area contributed by atoms with Gasteiger partial charge in [0.25, 0.3) is 10.0 Å². The molecule has 0 amide bonds. The molecule has 2 N–H and O–H groups in total. The van der Waals surface area contributed by atoms with E-state index >= 15 is 0 Å². The number of hydrogen-bond donors (Lipinski definition) is 2. The number of sulfonamides is 1. The summed E-state index contributed by atoms with van der Waals surface area (Å²) in [5.74, 6) is -2.34. The number of halogens is 3. The predicted octanol–water partition coefficient (Wildman–Crippen LogP) is 2.91.